The topological polar surface area (TPSA) is 112 Å². The van der Waals surface area contributed by atoms with E-state index in [1.54, 1.807) is 36.5 Å². The smallest absolute Gasteiger partial charge is 0.328 e. The third kappa shape index (κ3) is 7.75. The molecule has 3 atom stereocenters. The molecule has 0 saturated carbocycles. The lowest BCUT2D eigenvalue weighted by atomic mass is 9.96. The van der Waals surface area contributed by atoms with Gasteiger partial charge in [0.15, 0.2) is 0 Å². The van der Waals surface area contributed by atoms with Crippen LogP contribution in [0.2, 0.25) is 0 Å². The number of aromatic nitrogens is 2. The minimum absolute atomic E-state index is 0.0758. The van der Waals surface area contributed by atoms with Crippen molar-refractivity contribution in [3.8, 4) is 6.07 Å². The Morgan fingerprint density at radius 3 is 2.54 bits per heavy atom. The van der Waals surface area contributed by atoms with Gasteiger partial charge in [-0.25, -0.2) is 9.78 Å². The van der Waals surface area contributed by atoms with Gasteiger partial charge >= 0.3 is 5.97 Å². The molecule has 250 valence electrons. The lowest BCUT2D eigenvalue weighted by molar-refractivity contribution is -0.151. The molecular weight excluding hydrogens is 604 g/mol. The van der Waals surface area contributed by atoms with E-state index >= 15 is 0 Å². The highest BCUT2D eigenvalue weighted by Crippen LogP contribution is 2.28. The van der Waals surface area contributed by atoms with Crippen LogP contribution >= 0.6 is 0 Å². The number of imidazole rings is 1. The predicted molar refractivity (Wildman–Crippen MR) is 185 cm³/mol. The maximum absolute atomic E-state index is 14.0. The molecule has 0 spiro atoms. The lowest BCUT2D eigenvalue weighted by Gasteiger charge is -2.39. The highest BCUT2D eigenvalue weighted by molar-refractivity contribution is 5.91. The number of esters is 1. The van der Waals surface area contributed by atoms with Crippen LogP contribution in [0.5, 0.6) is 0 Å². The van der Waals surface area contributed by atoms with Crippen molar-refractivity contribution in [3.05, 3.63) is 95.9 Å². The molecule has 2 heterocycles. The second-order valence-corrected chi connectivity index (χ2v) is 12.6. The Morgan fingerprint density at radius 1 is 1.08 bits per heavy atom. The Bertz CT molecular complexity index is 1770. The molecule has 1 aliphatic heterocycles. The summed E-state index contributed by atoms with van der Waals surface area (Å²) in [5.74, 6) is 0.0953. The van der Waals surface area contributed by atoms with Gasteiger partial charge in [-0.2, -0.15) is 5.26 Å². The summed E-state index contributed by atoms with van der Waals surface area (Å²) in [6, 6.07) is 23.0. The van der Waals surface area contributed by atoms with Gasteiger partial charge in [-0.1, -0.05) is 74.9 Å². The van der Waals surface area contributed by atoms with Gasteiger partial charge in [-0.3, -0.25) is 19.4 Å². The first-order valence-electron chi connectivity index (χ1n) is 16.6. The van der Waals surface area contributed by atoms with Gasteiger partial charge < -0.3 is 14.2 Å². The number of likely N-dealkylation sites (tertiary alicyclic amines) is 1. The predicted octanol–water partition coefficient (Wildman–Crippen LogP) is 5.39. The van der Waals surface area contributed by atoms with Gasteiger partial charge in [0.1, 0.15) is 11.9 Å². The van der Waals surface area contributed by atoms with Gasteiger partial charge in [0, 0.05) is 26.6 Å². The Hall–Kier alpha value is -5.01. The van der Waals surface area contributed by atoms with Gasteiger partial charge in [0.05, 0.1) is 50.4 Å². The summed E-state index contributed by atoms with van der Waals surface area (Å²) in [6.45, 7) is 7.77. The van der Waals surface area contributed by atoms with E-state index in [9.17, 15) is 19.6 Å². The van der Waals surface area contributed by atoms with Gasteiger partial charge in [0.25, 0.3) is 0 Å². The van der Waals surface area contributed by atoms with Crippen LogP contribution in [-0.2, 0) is 32.2 Å². The van der Waals surface area contributed by atoms with Crippen molar-refractivity contribution in [2.24, 2.45) is 5.92 Å². The van der Waals surface area contributed by atoms with Crippen LogP contribution in [0.1, 0.15) is 56.7 Å². The molecule has 0 radical (unpaired) electrons. The molecule has 1 aromatic heterocycles. The van der Waals surface area contributed by atoms with Crippen LogP contribution in [0.3, 0.4) is 0 Å². The highest BCUT2D eigenvalue weighted by Gasteiger charge is 2.37. The minimum atomic E-state index is -0.586. The number of ether oxygens (including phenoxy) is 1. The fourth-order valence-corrected chi connectivity index (χ4v) is 6.72. The number of anilines is 1. The van der Waals surface area contributed by atoms with Crippen LogP contribution in [0, 0.1) is 17.2 Å². The quantitative estimate of drug-likeness (QED) is 0.179. The molecule has 0 bridgehead atoms. The fourth-order valence-electron chi connectivity index (χ4n) is 6.72. The van der Waals surface area contributed by atoms with E-state index in [-0.39, 0.29) is 30.3 Å². The third-order valence-electron chi connectivity index (χ3n) is 9.47. The summed E-state index contributed by atoms with van der Waals surface area (Å²) in [6.07, 6.45) is 5.57. The molecule has 0 N–H and O–H groups in total. The van der Waals surface area contributed by atoms with Crippen LogP contribution in [0.15, 0.2) is 79.3 Å². The van der Waals surface area contributed by atoms with Crippen LogP contribution < -0.4 is 4.90 Å². The molecule has 10 nitrogen and oxygen atoms in total. The first-order chi connectivity index (χ1) is 23.2. The van der Waals surface area contributed by atoms with Crippen molar-refractivity contribution >= 4 is 34.4 Å². The second kappa shape index (κ2) is 15.7. The second-order valence-electron chi connectivity index (χ2n) is 12.6. The van der Waals surface area contributed by atoms with Crippen molar-refractivity contribution in [1.82, 2.24) is 19.4 Å². The summed E-state index contributed by atoms with van der Waals surface area (Å²) < 4.78 is 6.97. The van der Waals surface area contributed by atoms with Crippen molar-refractivity contribution < 1.29 is 19.1 Å². The molecule has 48 heavy (non-hydrogen) atoms. The number of rotatable bonds is 13. The molecule has 1 fully saturated rings. The van der Waals surface area contributed by atoms with E-state index in [4.69, 9.17) is 4.74 Å². The van der Waals surface area contributed by atoms with E-state index in [2.05, 4.69) is 54.1 Å². The minimum Gasteiger partial charge on any atom is -0.467 e. The fraction of sp³-hybridized carbons (Fsp3) is 0.395. The molecule has 1 saturated heterocycles. The Balaban J connectivity index is 1.49. The third-order valence-corrected chi connectivity index (χ3v) is 9.47. The Morgan fingerprint density at radius 2 is 1.83 bits per heavy atom. The molecule has 5 rings (SSSR count). The number of carbonyl (C=O) groups excluding carboxylic acids is 3. The molecule has 0 aliphatic carbocycles. The summed E-state index contributed by atoms with van der Waals surface area (Å²) in [5.41, 5.74) is 2.64. The number of hydrogen-bond donors (Lipinski definition) is 0. The summed E-state index contributed by atoms with van der Waals surface area (Å²) >= 11 is 0. The average Bonchev–Trinajstić information content (AvgIpc) is 3.78. The maximum atomic E-state index is 14.0. The monoisotopic (exact) mass is 648 g/mol. The SMILES string of the molecule is CCC(C)C(CN(CC(=O)N1CCCC1C(=O)OC)Cc1cccc2ccccc12)N(C(C)=O)c1cncn1Cc1ccc(C#N)cc1. The number of hydrogen-bond acceptors (Lipinski definition) is 7. The Labute approximate surface area is 282 Å². The molecular formula is C38H44N6O4. The van der Waals surface area contributed by atoms with Crippen LogP contribution in [0.25, 0.3) is 10.8 Å². The zero-order valence-electron chi connectivity index (χ0n) is 28.2. The van der Waals surface area contributed by atoms with Crippen molar-refractivity contribution in [2.75, 3.05) is 31.6 Å². The van der Waals surface area contributed by atoms with E-state index in [1.807, 2.05) is 39.8 Å². The standard InChI is InChI=1S/C38H44N6O4/c1-5-27(2)35(44(28(3)45)36-21-40-26-42(36)22-30-17-15-29(20-39)16-18-30)24-41(23-32-12-8-11-31-10-6-7-13-33(31)32)25-37(46)43-19-9-14-34(43)38(47)48-4/h6-8,10-13,15-18,21,26-27,34-35H,5,9,14,19,22-25H2,1-4H3. The molecule has 4 aromatic rings. The normalized spacial score (nSPS) is 15.7. The van der Waals surface area contributed by atoms with Crippen molar-refractivity contribution in [3.63, 3.8) is 0 Å². The molecule has 10 heteroatoms. The number of carbonyl (C=O) groups is 3. The molecule has 3 unspecified atom stereocenters. The summed E-state index contributed by atoms with van der Waals surface area (Å²) in [7, 11) is 1.36. The van der Waals surface area contributed by atoms with Crippen molar-refractivity contribution in [2.45, 2.75) is 65.2 Å². The average molecular weight is 649 g/mol. The van der Waals surface area contributed by atoms with Crippen LogP contribution in [0.4, 0.5) is 5.82 Å². The molecule has 1 aliphatic rings. The van der Waals surface area contributed by atoms with Crippen LogP contribution in [-0.4, -0.2) is 76.0 Å². The largest absolute Gasteiger partial charge is 0.467 e. The van der Waals surface area contributed by atoms with Gasteiger partial charge in [-0.05, 0) is 52.8 Å². The van der Waals surface area contributed by atoms with E-state index in [0.29, 0.717) is 44.0 Å². The number of amides is 2. The first kappa shape index (κ1) is 34.3. The maximum Gasteiger partial charge on any atom is 0.328 e. The number of methoxy groups -OCH3 is 1. The number of nitriles is 1. The zero-order chi connectivity index (χ0) is 34.2. The lowest BCUT2D eigenvalue weighted by Crippen LogP contribution is -2.52. The highest BCUT2D eigenvalue weighted by atomic mass is 16.5. The molecule has 2 amide bonds. The van der Waals surface area contributed by atoms with E-state index < -0.39 is 12.0 Å². The Kier molecular flexibility index (Phi) is 11.2. The van der Waals surface area contributed by atoms with E-state index in [1.165, 1.54) is 7.11 Å². The summed E-state index contributed by atoms with van der Waals surface area (Å²) in [5, 5.41) is 11.4. The summed E-state index contributed by atoms with van der Waals surface area (Å²) in [4.78, 5) is 50.1. The first-order valence-corrected chi connectivity index (χ1v) is 16.6. The van der Waals surface area contributed by atoms with E-state index in [0.717, 1.165) is 34.7 Å². The zero-order valence-corrected chi connectivity index (χ0v) is 28.2. The number of fused-ring (bicyclic) bond motifs is 1. The van der Waals surface area contributed by atoms with Gasteiger partial charge in [-0.15, -0.1) is 0 Å². The molecule has 3 aromatic carbocycles. The number of nitrogens with zero attached hydrogens (tertiary/aromatic N) is 6. The van der Waals surface area contributed by atoms with Gasteiger partial charge in [0.2, 0.25) is 11.8 Å². The van der Waals surface area contributed by atoms with Crippen molar-refractivity contribution in [1.29, 1.82) is 5.26 Å². The number of benzene rings is 3.